The molecule has 33 heavy (non-hydrogen) atoms. The molecule has 7 nitrogen and oxygen atoms in total. The van der Waals surface area contributed by atoms with Gasteiger partial charge in [0, 0.05) is 42.0 Å². The SMILES string of the molecule is Cc1ncc(-c2ccc3ncc4cc3c2/C=C/CCNC(=O)[C@@H]2CC(CC(C)N2C)N4)cn1. The van der Waals surface area contributed by atoms with Crippen molar-refractivity contribution in [2.75, 3.05) is 18.9 Å². The molecular weight excluding hydrogens is 412 g/mol. The van der Waals surface area contributed by atoms with Crippen LogP contribution < -0.4 is 10.6 Å². The molecule has 1 aromatic carbocycles. The molecule has 1 fully saturated rings. The highest BCUT2D eigenvalue weighted by Crippen LogP contribution is 2.33. The van der Waals surface area contributed by atoms with Gasteiger partial charge in [0.1, 0.15) is 5.82 Å². The molecule has 2 aliphatic heterocycles. The van der Waals surface area contributed by atoms with E-state index in [0.29, 0.717) is 12.6 Å². The van der Waals surface area contributed by atoms with Gasteiger partial charge in [-0.15, -0.1) is 0 Å². The van der Waals surface area contributed by atoms with Gasteiger partial charge >= 0.3 is 0 Å². The van der Waals surface area contributed by atoms with Crippen LogP contribution in [0, 0.1) is 6.92 Å². The number of nitrogens with one attached hydrogen (secondary N) is 2. The van der Waals surface area contributed by atoms with Crippen LogP contribution in [-0.2, 0) is 4.79 Å². The third-order valence-electron chi connectivity index (χ3n) is 6.89. The second-order valence-electron chi connectivity index (χ2n) is 9.16. The van der Waals surface area contributed by atoms with Crippen molar-refractivity contribution >= 4 is 28.6 Å². The number of aromatic nitrogens is 3. The fourth-order valence-corrected chi connectivity index (χ4v) is 4.92. The first-order chi connectivity index (χ1) is 16.0. The number of hydrogen-bond acceptors (Lipinski definition) is 6. The number of fused-ring (bicyclic) bond motifs is 3. The van der Waals surface area contributed by atoms with Crippen molar-refractivity contribution in [1.29, 1.82) is 0 Å². The van der Waals surface area contributed by atoms with E-state index in [9.17, 15) is 4.79 Å². The van der Waals surface area contributed by atoms with Gasteiger partial charge in [0.2, 0.25) is 5.91 Å². The fraction of sp³-hybridized carbons (Fsp3) is 0.385. The highest BCUT2D eigenvalue weighted by Gasteiger charge is 2.35. The summed E-state index contributed by atoms with van der Waals surface area (Å²) in [7, 11) is 2.05. The van der Waals surface area contributed by atoms with Crippen LogP contribution in [0.3, 0.4) is 0 Å². The van der Waals surface area contributed by atoms with Gasteiger partial charge in [-0.1, -0.05) is 18.2 Å². The van der Waals surface area contributed by atoms with Crippen LogP contribution in [0.2, 0.25) is 0 Å². The molecule has 4 heterocycles. The molecule has 0 spiro atoms. The van der Waals surface area contributed by atoms with E-state index in [1.165, 1.54) is 0 Å². The summed E-state index contributed by atoms with van der Waals surface area (Å²) in [4.78, 5) is 28.6. The molecule has 0 radical (unpaired) electrons. The van der Waals surface area contributed by atoms with Crippen LogP contribution >= 0.6 is 0 Å². The highest BCUT2D eigenvalue weighted by atomic mass is 16.2. The van der Waals surface area contributed by atoms with Crippen molar-refractivity contribution in [3.63, 3.8) is 0 Å². The second-order valence-corrected chi connectivity index (χ2v) is 9.16. The monoisotopic (exact) mass is 442 g/mol. The summed E-state index contributed by atoms with van der Waals surface area (Å²) in [6.07, 6.45) is 12.4. The molecule has 0 aliphatic carbocycles. The molecule has 1 saturated heterocycles. The first-order valence-electron chi connectivity index (χ1n) is 11.6. The average Bonchev–Trinajstić information content (AvgIpc) is 2.81. The number of anilines is 1. The molecule has 3 aromatic rings. The third-order valence-corrected chi connectivity index (χ3v) is 6.89. The number of rotatable bonds is 1. The van der Waals surface area contributed by atoms with E-state index in [0.717, 1.165) is 58.4 Å². The van der Waals surface area contributed by atoms with Crippen molar-refractivity contribution in [1.82, 2.24) is 25.2 Å². The van der Waals surface area contributed by atoms with Gasteiger partial charge in [-0.2, -0.15) is 0 Å². The van der Waals surface area contributed by atoms with Crippen molar-refractivity contribution in [2.45, 2.75) is 51.2 Å². The number of carbonyl (C=O) groups is 1. The summed E-state index contributed by atoms with van der Waals surface area (Å²) in [5.74, 6) is 0.855. The maximum Gasteiger partial charge on any atom is 0.237 e. The summed E-state index contributed by atoms with van der Waals surface area (Å²) in [6, 6.07) is 6.73. The third kappa shape index (κ3) is 4.33. The number of nitrogens with zero attached hydrogens (tertiary/aromatic N) is 4. The summed E-state index contributed by atoms with van der Waals surface area (Å²) >= 11 is 0. The lowest BCUT2D eigenvalue weighted by molar-refractivity contribution is -0.128. The van der Waals surface area contributed by atoms with Crippen molar-refractivity contribution in [2.24, 2.45) is 0 Å². The lowest BCUT2D eigenvalue weighted by Crippen LogP contribution is -2.55. The average molecular weight is 443 g/mol. The first-order valence-corrected chi connectivity index (χ1v) is 11.6. The minimum atomic E-state index is -0.129. The predicted octanol–water partition coefficient (Wildman–Crippen LogP) is 3.80. The zero-order valence-corrected chi connectivity index (χ0v) is 19.4. The van der Waals surface area contributed by atoms with E-state index in [2.05, 4.69) is 62.8 Å². The van der Waals surface area contributed by atoms with Gasteiger partial charge in [0.15, 0.2) is 0 Å². The molecule has 0 saturated carbocycles. The lowest BCUT2D eigenvalue weighted by Gasteiger charge is -2.41. The number of likely N-dealkylation sites (tertiary alicyclic amines) is 1. The molecule has 170 valence electrons. The number of piperidine rings is 1. The number of benzene rings is 1. The molecule has 1 amide bonds. The predicted molar refractivity (Wildman–Crippen MR) is 132 cm³/mol. The second kappa shape index (κ2) is 8.90. The number of likely N-dealkylation sites (N-methyl/N-ethyl adjacent to an activating group) is 1. The number of hydrogen-bond donors (Lipinski definition) is 2. The minimum Gasteiger partial charge on any atom is -0.381 e. The zero-order valence-electron chi connectivity index (χ0n) is 19.4. The van der Waals surface area contributed by atoms with Crippen LogP contribution in [0.5, 0.6) is 0 Å². The van der Waals surface area contributed by atoms with E-state index in [1.54, 1.807) is 0 Å². The van der Waals surface area contributed by atoms with E-state index < -0.39 is 0 Å². The standard InChI is InChI=1S/C26H30N6O/c1-16-10-19-12-25(32(16)3)26(33)27-9-5-4-6-22-21(18-13-28-17(2)29-14-18)7-8-24-23(22)11-20(31-19)15-30-24/h4,6-8,11,13-16,19,25,31H,5,9-10,12H2,1-3H3,(H,27,33)/b6-4+/t16?,19?,25-/m0/s1. The number of pyridine rings is 1. The first kappa shape index (κ1) is 21.5. The van der Waals surface area contributed by atoms with E-state index in [1.807, 2.05) is 32.6 Å². The van der Waals surface area contributed by atoms with Gasteiger partial charge < -0.3 is 10.6 Å². The van der Waals surface area contributed by atoms with Crippen molar-refractivity contribution < 1.29 is 4.79 Å². The molecule has 7 heteroatoms. The molecule has 4 bridgehead atoms. The van der Waals surface area contributed by atoms with Crippen LogP contribution in [-0.4, -0.2) is 57.5 Å². The van der Waals surface area contributed by atoms with E-state index in [4.69, 9.17) is 4.98 Å². The fourth-order valence-electron chi connectivity index (χ4n) is 4.92. The Hall–Kier alpha value is -3.32. The molecule has 5 rings (SSSR count). The maximum absolute atomic E-state index is 12.9. The Bertz CT molecular complexity index is 1210. The van der Waals surface area contributed by atoms with Gasteiger partial charge in [-0.05, 0) is 63.4 Å². The largest absolute Gasteiger partial charge is 0.381 e. The molecule has 3 atom stereocenters. The summed E-state index contributed by atoms with van der Waals surface area (Å²) in [5.41, 5.74) is 5.07. The summed E-state index contributed by atoms with van der Waals surface area (Å²) < 4.78 is 0. The molecule has 2 N–H and O–H groups in total. The smallest absolute Gasteiger partial charge is 0.237 e. The molecule has 2 unspecified atom stereocenters. The molecule has 2 aliphatic rings. The topological polar surface area (TPSA) is 83.0 Å². The number of carbonyl (C=O) groups excluding carboxylic acids is 1. The Kier molecular flexibility index (Phi) is 5.81. The minimum absolute atomic E-state index is 0.104. The van der Waals surface area contributed by atoms with Gasteiger partial charge in [0.25, 0.3) is 0 Å². The van der Waals surface area contributed by atoms with Crippen molar-refractivity contribution in [3.05, 3.63) is 54.3 Å². The maximum atomic E-state index is 12.9. The Labute approximate surface area is 194 Å². The van der Waals surface area contributed by atoms with Gasteiger partial charge in [0.05, 0.1) is 23.4 Å². The van der Waals surface area contributed by atoms with Gasteiger partial charge in [-0.3, -0.25) is 14.7 Å². The zero-order chi connectivity index (χ0) is 22.9. The molecule has 2 aromatic heterocycles. The Morgan fingerprint density at radius 3 is 2.73 bits per heavy atom. The van der Waals surface area contributed by atoms with Gasteiger partial charge in [-0.25, -0.2) is 9.97 Å². The lowest BCUT2D eigenvalue weighted by atomic mass is 9.91. The van der Waals surface area contributed by atoms with E-state index in [-0.39, 0.29) is 18.0 Å². The van der Waals surface area contributed by atoms with Crippen LogP contribution in [0.1, 0.15) is 37.6 Å². The number of aryl methyl sites for hydroxylation is 1. The van der Waals surface area contributed by atoms with E-state index >= 15 is 0 Å². The highest BCUT2D eigenvalue weighted by molar-refractivity contribution is 5.96. The van der Waals surface area contributed by atoms with Crippen LogP contribution in [0.15, 0.2) is 42.9 Å². The normalized spacial score (nSPS) is 24.7. The summed E-state index contributed by atoms with van der Waals surface area (Å²) in [5, 5.41) is 7.90. The Morgan fingerprint density at radius 1 is 1.09 bits per heavy atom. The van der Waals surface area contributed by atoms with Crippen LogP contribution in [0.4, 0.5) is 5.69 Å². The Morgan fingerprint density at radius 2 is 1.91 bits per heavy atom. The van der Waals surface area contributed by atoms with Crippen LogP contribution in [0.25, 0.3) is 28.1 Å². The number of amides is 1. The molecular formula is C26H30N6O. The quantitative estimate of drug-likeness (QED) is 0.597. The van der Waals surface area contributed by atoms with Crippen molar-refractivity contribution in [3.8, 4) is 11.1 Å². The summed E-state index contributed by atoms with van der Waals surface area (Å²) in [6.45, 7) is 4.69. The Balaban J connectivity index is 1.61.